The largest absolute Gasteiger partial charge is 0.383 e. The Morgan fingerprint density at radius 2 is 2.00 bits per heavy atom. The zero-order valence-corrected chi connectivity index (χ0v) is 11.2. The Labute approximate surface area is 108 Å². The second-order valence-corrected chi connectivity index (χ2v) is 5.60. The van der Waals surface area contributed by atoms with Crippen LogP contribution in [0.5, 0.6) is 0 Å². The number of nitrogens with one attached hydrogen (secondary N) is 1. The highest BCUT2D eigenvalue weighted by Crippen LogP contribution is 2.21. The highest BCUT2D eigenvalue weighted by atomic mass is 15.4. The fraction of sp³-hybridized carbons (Fsp3) is 0.429. The van der Waals surface area contributed by atoms with Gasteiger partial charge in [-0.2, -0.15) is 0 Å². The summed E-state index contributed by atoms with van der Waals surface area (Å²) >= 11 is 0. The number of benzene rings is 1. The van der Waals surface area contributed by atoms with Gasteiger partial charge in [-0.05, 0) is 24.0 Å². The molecule has 0 fully saturated rings. The molecule has 96 valence electrons. The van der Waals surface area contributed by atoms with Gasteiger partial charge in [0.1, 0.15) is 0 Å². The summed E-state index contributed by atoms with van der Waals surface area (Å²) in [6.07, 6.45) is 4.66. The zero-order valence-electron chi connectivity index (χ0n) is 11.2. The van der Waals surface area contributed by atoms with E-state index in [1.165, 1.54) is 0 Å². The third kappa shape index (κ3) is 3.32. The lowest BCUT2D eigenvalue weighted by atomic mass is 9.92. The molecule has 0 bridgehead atoms. The maximum Gasteiger partial charge on any atom is 0.0894 e. The maximum atomic E-state index is 4.03. The van der Waals surface area contributed by atoms with Gasteiger partial charge < -0.3 is 5.32 Å². The molecule has 0 amide bonds. The van der Waals surface area contributed by atoms with Crippen molar-refractivity contribution in [1.29, 1.82) is 0 Å². The highest BCUT2D eigenvalue weighted by molar-refractivity contribution is 5.60. The summed E-state index contributed by atoms with van der Waals surface area (Å²) < 4.78 is 1.78. The van der Waals surface area contributed by atoms with Crippen LogP contribution in [0.15, 0.2) is 36.7 Å². The predicted molar refractivity (Wildman–Crippen MR) is 73.9 cm³/mol. The smallest absolute Gasteiger partial charge is 0.0894 e. The van der Waals surface area contributed by atoms with Crippen molar-refractivity contribution in [2.75, 3.05) is 11.9 Å². The summed E-state index contributed by atoms with van der Waals surface area (Å²) in [5.74, 6) is 0. The average Bonchev–Trinajstić information content (AvgIpc) is 2.81. The van der Waals surface area contributed by atoms with E-state index in [0.29, 0.717) is 5.41 Å². The van der Waals surface area contributed by atoms with Crippen molar-refractivity contribution in [3.05, 3.63) is 36.7 Å². The van der Waals surface area contributed by atoms with E-state index >= 15 is 0 Å². The van der Waals surface area contributed by atoms with Gasteiger partial charge in [0.05, 0.1) is 23.8 Å². The van der Waals surface area contributed by atoms with Crippen LogP contribution in [-0.2, 0) is 0 Å². The number of nitrogens with zero attached hydrogens (tertiary/aromatic N) is 3. The fourth-order valence-electron chi connectivity index (χ4n) is 1.73. The minimum atomic E-state index is 0.342. The molecule has 0 spiro atoms. The molecule has 1 aromatic carbocycles. The molecule has 2 aromatic rings. The molecule has 1 aromatic heterocycles. The fourth-order valence-corrected chi connectivity index (χ4v) is 1.73. The van der Waals surface area contributed by atoms with Crippen molar-refractivity contribution in [3.8, 4) is 5.69 Å². The SMILES string of the molecule is CC(C)(C)CCNc1ccccc1-n1ccnn1. The minimum Gasteiger partial charge on any atom is -0.383 e. The molecule has 0 unspecified atom stereocenters. The van der Waals surface area contributed by atoms with Crippen LogP contribution in [0.1, 0.15) is 27.2 Å². The number of hydrogen-bond acceptors (Lipinski definition) is 3. The summed E-state index contributed by atoms with van der Waals surface area (Å²) in [6.45, 7) is 7.70. The number of anilines is 1. The molecular weight excluding hydrogens is 224 g/mol. The van der Waals surface area contributed by atoms with E-state index in [0.717, 1.165) is 24.3 Å². The number of aromatic nitrogens is 3. The lowest BCUT2D eigenvalue weighted by Crippen LogP contribution is -2.14. The Morgan fingerprint density at radius 1 is 1.22 bits per heavy atom. The summed E-state index contributed by atoms with van der Waals surface area (Å²) in [4.78, 5) is 0. The number of hydrogen-bond donors (Lipinski definition) is 1. The van der Waals surface area contributed by atoms with Crippen molar-refractivity contribution >= 4 is 5.69 Å². The van der Waals surface area contributed by atoms with Gasteiger partial charge in [0.25, 0.3) is 0 Å². The first-order valence-corrected chi connectivity index (χ1v) is 6.26. The molecular formula is C14H20N4. The Kier molecular flexibility index (Phi) is 3.65. The highest BCUT2D eigenvalue weighted by Gasteiger charge is 2.10. The van der Waals surface area contributed by atoms with E-state index in [2.05, 4.69) is 42.5 Å². The van der Waals surface area contributed by atoms with Gasteiger partial charge >= 0.3 is 0 Å². The van der Waals surface area contributed by atoms with Gasteiger partial charge in [0.15, 0.2) is 0 Å². The molecule has 2 rings (SSSR count). The summed E-state index contributed by atoms with van der Waals surface area (Å²) in [7, 11) is 0. The molecule has 0 aliphatic heterocycles. The molecule has 4 heteroatoms. The van der Waals surface area contributed by atoms with Gasteiger partial charge in [0.2, 0.25) is 0 Å². The molecule has 1 N–H and O–H groups in total. The predicted octanol–water partition coefficient (Wildman–Crippen LogP) is 3.12. The maximum absolute atomic E-state index is 4.03. The first-order valence-electron chi connectivity index (χ1n) is 6.26. The third-order valence-corrected chi connectivity index (χ3v) is 2.76. The molecule has 0 atom stereocenters. The second kappa shape index (κ2) is 5.21. The standard InChI is InChI=1S/C14H20N4/c1-14(2,3)8-9-15-12-6-4-5-7-13(12)18-11-10-16-17-18/h4-7,10-11,15H,8-9H2,1-3H3. The molecule has 0 aliphatic carbocycles. The molecule has 0 saturated heterocycles. The second-order valence-electron chi connectivity index (χ2n) is 5.60. The lowest BCUT2D eigenvalue weighted by molar-refractivity contribution is 0.390. The van der Waals surface area contributed by atoms with Gasteiger partial charge in [-0.3, -0.25) is 0 Å². The molecule has 18 heavy (non-hydrogen) atoms. The van der Waals surface area contributed by atoms with Crippen LogP contribution in [0.2, 0.25) is 0 Å². The Bertz CT molecular complexity index is 483. The Balaban J connectivity index is 2.09. The average molecular weight is 244 g/mol. The van der Waals surface area contributed by atoms with Gasteiger partial charge in [-0.25, -0.2) is 4.68 Å². The van der Waals surface area contributed by atoms with Crippen molar-refractivity contribution in [3.63, 3.8) is 0 Å². The van der Waals surface area contributed by atoms with Crippen LogP contribution in [0, 0.1) is 5.41 Å². The van der Waals surface area contributed by atoms with Crippen LogP contribution in [-0.4, -0.2) is 21.5 Å². The normalized spacial score (nSPS) is 11.5. The number of para-hydroxylation sites is 2. The van der Waals surface area contributed by atoms with E-state index in [4.69, 9.17) is 0 Å². The van der Waals surface area contributed by atoms with Gasteiger partial charge in [0, 0.05) is 6.54 Å². The van der Waals surface area contributed by atoms with E-state index in [1.807, 2.05) is 24.4 Å². The minimum absolute atomic E-state index is 0.342. The third-order valence-electron chi connectivity index (χ3n) is 2.76. The monoisotopic (exact) mass is 244 g/mol. The van der Waals surface area contributed by atoms with Crippen molar-refractivity contribution in [1.82, 2.24) is 15.0 Å². The first kappa shape index (κ1) is 12.6. The van der Waals surface area contributed by atoms with Crippen LogP contribution in [0.4, 0.5) is 5.69 Å². The Morgan fingerprint density at radius 3 is 2.67 bits per heavy atom. The van der Waals surface area contributed by atoms with Gasteiger partial charge in [-0.1, -0.05) is 38.1 Å². The molecule has 0 aliphatic rings. The Hall–Kier alpha value is -1.84. The van der Waals surface area contributed by atoms with Crippen LogP contribution >= 0.6 is 0 Å². The van der Waals surface area contributed by atoms with E-state index in [9.17, 15) is 0 Å². The topological polar surface area (TPSA) is 42.7 Å². The van der Waals surface area contributed by atoms with Crippen LogP contribution in [0.3, 0.4) is 0 Å². The van der Waals surface area contributed by atoms with Crippen LogP contribution in [0.25, 0.3) is 5.69 Å². The molecule has 0 radical (unpaired) electrons. The molecule has 0 saturated carbocycles. The van der Waals surface area contributed by atoms with Crippen molar-refractivity contribution in [2.24, 2.45) is 5.41 Å². The lowest BCUT2D eigenvalue weighted by Gasteiger charge is -2.19. The van der Waals surface area contributed by atoms with Crippen molar-refractivity contribution in [2.45, 2.75) is 27.2 Å². The first-order chi connectivity index (χ1) is 8.56. The number of rotatable bonds is 4. The summed E-state index contributed by atoms with van der Waals surface area (Å²) in [5, 5.41) is 11.3. The summed E-state index contributed by atoms with van der Waals surface area (Å²) in [5.41, 5.74) is 2.46. The van der Waals surface area contributed by atoms with E-state index < -0.39 is 0 Å². The van der Waals surface area contributed by atoms with E-state index in [-0.39, 0.29) is 0 Å². The summed E-state index contributed by atoms with van der Waals surface area (Å²) in [6, 6.07) is 8.14. The van der Waals surface area contributed by atoms with Crippen molar-refractivity contribution < 1.29 is 0 Å². The van der Waals surface area contributed by atoms with Gasteiger partial charge in [-0.15, -0.1) is 5.10 Å². The molecule has 1 heterocycles. The molecule has 4 nitrogen and oxygen atoms in total. The van der Waals surface area contributed by atoms with Crippen LogP contribution < -0.4 is 5.32 Å². The van der Waals surface area contributed by atoms with E-state index in [1.54, 1.807) is 10.9 Å². The quantitative estimate of drug-likeness (QED) is 0.898. The zero-order chi connectivity index (χ0) is 13.0.